The number of nitro benzene ring substituents is 2. The third kappa shape index (κ3) is 5.24. The highest BCUT2D eigenvalue weighted by molar-refractivity contribution is 6.16. The molecule has 0 N–H and O–H groups in total. The van der Waals surface area contributed by atoms with Crippen LogP contribution >= 0.6 is 0 Å². The highest BCUT2D eigenvalue weighted by Gasteiger charge is 2.34. The van der Waals surface area contributed by atoms with E-state index in [1.54, 1.807) is 26.0 Å². The molecule has 2 aromatic rings. The summed E-state index contributed by atoms with van der Waals surface area (Å²) >= 11 is 0. The van der Waals surface area contributed by atoms with Gasteiger partial charge in [-0.1, -0.05) is 27.7 Å². The van der Waals surface area contributed by atoms with Crippen molar-refractivity contribution >= 4 is 28.5 Å². The Morgan fingerprint density at radius 2 is 1.00 bits per heavy atom. The van der Waals surface area contributed by atoms with Gasteiger partial charge in [0.25, 0.3) is 11.4 Å². The topological polar surface area (TPSA) is 110 Å². The monoisotopic (exact) mass is 522 g/mol. The Hall–Kier alpha value is -3.49. The van der Waals surface area contributed by atoms with Crippen LogP contribution in [0.3, 0.4) is 0 Å². The Balaban J connectivity index is 1.91. The predicted molar refractivity (Wildman–Crippen MR) is 149 cm³/mol. The fourth-order valence-electron chi connectivity index (χ4n) is 6.79. The molecule has 2 heterocycles. The number of ketones is 1. The lowest BCUT2D eigenvalue weighted by Crippen LogP contribution is -2.40. The number of hydrogen-bond acceptors (Lipinski definition) is 7. The van der Waals surface area contributed by atoms with Crippen molar-refractivity contribution in [3.63, 3.8) is 0 Å². The van der Waals surface area contributed by atoms with Crippen LogP contribution in [0.4, 0.5) is 22.7 Å². The van der Waals surface area contributed by atoms with Gasteiger partial charge >= 0.3 is 0 Å². The van der Waals surface area contributed by atoms with E-state index in [2.05, 4.69) is 37.5 Å². The molecule has 0 bridgehead atoms. The Morgan fingerprint density at radius 1 is 0.684 bits per heavy atom. The highest BCUT2D eigenvalue weighted by Crippen LogP contribution is 2.41. The first-order chi connectivity index (χ1) is 17.9. The summed E-state index contributed by atoms with van der Waals surface area (Å²) in [6.45, 7) is 14.9. The second kappa shape index (κ2) is 10.7. The molecule has 38 heavy (non-hydrogen) atoms. The molecule has 0 amide bonds. The molecule has 2 saturated heterocycles. The highest BCUT2D eigenvalue weighted by atomic mass is 16.6. The maximum atomic E-state index is 14.4. The third-order valence-electron chi connectivity index (χ3n) is 8.06. The summed E-state index contributed by atoms with van der Waals surface area (Å²) in [6, 6.07) is 5.95. The third-order valence-corrected chi connectivity index (χ3v) is 8.06. The van der Waals surface area contributed by atoms with Crippen LogP contribution in [0, 0.1) is 57.7 Å². The van der Waals surface area contributed by atoms with Crippen LogP contribution in [-0.2, 0) is 0 Å². The number of nitrogens with zero attached hydrogens (tertiary/aromatic N) is 4. The molecule has 0 saturated carbocycles. The molecule has 2 aliphatic rings. The van der Waals surface area contributed by atoms with E-state index in [0.29, 0.717) is 83.5 Å². The van der Waals surface area contributed by atoms with Crippen molar-refractivity contribution in [2.24, 2.45) is 23.7 Å². The number of carbonyl (C=O) groups excluding carboxylic acids is 1. The first kappa shape index (κ1) is 27.5. The number of nitro groups is 2. The van der Waals surface area contributed by atoms with E-state index in [0.717, 1.165) is 12.8 Å². The van der Waals surface area contributed by atoms with E-state index in [9.17, 15) is 25.0 Å². The van der Waals surface area contributed by atoms with Gasteiger partial charge in [-0.25, -0.2) is 0 Å². The quantitative estimate of drug-likeness (QED) is 0.248. The molecular weight excluding hydrogens is 484 g/mol. The van der Waals surface area contributed by atoms with Gasteiger partial charge in [0, 0.05) is 49.4 Å². The van der Waals surface area contributed by atoms with Gasteiger partial charge in [0.2, 0.25) is 0 Å². The molecule has 2 aliphatic heterocycles. The fraction of sp³-hybridized carbons (Fsp3) is 0.552. The second-order valence-corrected chi connectivity index (χ2v) is 11.8. The van der Waals surface area contributed by atoms with E-state index in [1.807, 2.05) is 0 Å². The van der Waals surface area contributed by atoms with E-state index in [-0.39, 0.29) is 17.2 Å². The Morgan fingerprint density at radius 3 is 1.29 bits per heavy atom. The van der Waals surface area contributed by atoms with E-state index in [1.165, 1.54) is 12.1 Å². The van der Waals surface area contributed by atoms with Crippen LogP contribution in [0.15, 0.2) is 24.3 Å². The molecular formula is C29H38N4O5. The van der Waals surface area contributed by atoms with Crippen molar-refractivity contribution in [2.45, 2.75) is 54.4 Å². The smallest absolute Gasteiger partial charge is 0.274 e. The summed E-state index contributed by atoms with van der Waals surface area (Å²) in [5, 5.41) is 23.7. The largest absolute Gasteiger partial charge is 0.370 e. The van der Waals surface area contributed by atoms with Gasteiger partial charge in [-0.15, -0.1) is 0 Å². The van der Waals surface area contributed by atoms with Crippen molar-refractivity contribution < 1.29 is 14.6 Å². The maximum absolute atomic E-state index is 14.4. The average Bonchev–Trinajstić information content (AvgIpc) is 2.81. The van der Waals surface area contributed by atoms with Crippen molar-refractivity contribution in [3.8, 4) is 0 Å². The van der Waals surface area contributed by atoms with E-state index >= 15 is 0 Å². The lowest BCUT2D eigenvalue weighted by molar-refractivity contribution is -0.385. The number of anilines is 2. The predicted octanol–water partition coefficient (Wildman–Crippen LogP) is 6.32. The fourth-order valence-corrected chi connectivity index (χ4v) is 6.79. The van der Waals surface area contributed by atoms with Crippen molar-refractivity contribution in [3.05, 3.63) is 66.7 Å². The number of benzene rings is 2. The van der Waals surface area contributed by atoms with Crippen molar-refractivity contribution in [2.75, 3.05) is 36.0 Å². The van der Waals surface area contributed by atoms with E-state index in [4.69, 9.17) is 0 Å². The van der Waals surface area contributed by atoms with Crippen molar-refractivity contribution in [1.82, 2.24) is 0 Å². The lowest BCUT2D eigenvalue weighted by Gasteiger charge is -2.39. The molecule has 0 aliphatic carbocycles. The molecule has 4 rings (SSSR count). The van der Waals surface area contributed by atoms with Gasteiger partial charge < -0.3 is 9.80 Å². The molecule has 4 atom stereocenters. The van der Waals surface area contributed by atoms with Gasteiger partial charge in [0.1, 0.15) is 0 Å². The number of carbonyl (C=O) groups is 1. The Kier molecular flexibility index (Phi) is 7.76. The van der Waals surface area contributed by atoms with Crippen molar-refractivity contribution in [1.29, 1.82) is 0 Å². The van der Waals surface area contributed by atoms with Gasteiger partial charge in [-0.3, -0.25) is 25.0 Å². The minimum Gasteiger partial charge on any atom is -0.370 e. The lowest BCUT2D eigenvalue weighted by atomic mass is 9.87. The molecule has 9 nitrogen and oxygen atoms in total. The van der Waals surface area contributed by atoms with Crippen LogP contribution < -0.4 is 9.80 Å². The molecule has 9 heteroatoms. The standard InChI is InChI=1S/C29H38N4O5/c1-17-11-18(2)14-30(13-17)27-21(5)25(32(35)36)9-7-23(27)29(34)24-8-10-26(33(37)38)22(6)28(24)31-15-19(3)12-20(4)16-31/h7-10,17-20H,11-16H2,1-6H3. The summed E-state index contributed by atoms with van der Waals surface area (Å²) in [5.74, 6) is 1.27. The zero-order valence-corrected chi connectivity index (χ0v) is 23.2. The first-order valence-electron chi connectivity index (χ1n) is 13.5. The maximum Gasteiger partial charge on any atom is 0.274 e. The molecule has 0 aromatic heterocycles. The SMILES string of the molecule is Cc1c([N+](=O)[O-])ccc(C(=O)c2ccc([N+](=O)[O-])c(C)c2N2CC(C)CC(C)C2)c1N1CC(C)CC(C)C1. The van der Waals surface area contributed by atoms with Gasteiger partial charge in [0.15, 0.2) is 5.78 Å². The summed E-state index contributed by atoms with van der Waals surface area (Å²) < 4.78 is 0. The van der Waals surface area contributed by atoms with Gasteiger partial charge in [0.05, 0.1) is 32.3 Å². The molecule has 0 spiro atoms. The number of rotatable bonds is 6. The molecule has 204 valence electrons. The van der Waals surface area contributed by atoms with Crippen LogP contribution in [0.2, 0.25) is 0 Å². The first-order valence-corrected chi connectivity index (χ1v) is 13.5. The number of hydrogen-bond donors (Lipinski definition) is 0. The van der Waals surface area contributed by atoms with Gasteiger partial charge in [-0.05, 0) is 62.5 Å². The van der Waals surface area contributed by atoms with Gasteiger partial charge in [-0.2, -0.15) is 0 Å². The summed E-state index contributed by atoms with van der Waals surface area (Å²) in [6.07, 6.45) is 2.12. The molecule has 2 aromatic carbocycles. The normalized spacial score (nSPS) is 23.8. The zero-order valence-electron chi connectivity index (χ0n) is 23.2. The van der Waals surface area contributed by atoms with E-state index < -0.39 is 9.85 Å². The summed E-state index contributed by atoms with van der Waals surface area (Å²) in [4.78, 5) is 41.5. The van der Waals surface area contributed by atoms with Crippen LogP contribution in [0.25, 0.3) is 0 Å². The summed E-state index contributed by atoms with van der Waals surface area (Å²) in [5.41, 5.74) is 2.94. The molecule has 4 unspecified atom stereocenters. The zero-order chi connectivity index (χ0) is 27.9. The minimum absolute atomic E-state index is 0.0128. The second-order valence-electron chi connectivity index (χ2n) is 11.8. The molecule has 2 fully saturated rings. The van der Waals surface area contributed by atoms with Crippen LogP contribution in [-0.4, -0.2) is 41.8 Å². The number of piperidine rings is 2. The van der Waals surface area contributed by atoms with Crippen LogP contribution in [0.1, 0.15) is 67.6 Å². The van der Waals surface area contributed by atoms with Crippen LogP contribution in [0.5, 0.6) is 0 Å². The molecule has 0 radical (unpaired) electrons. The Labute approximate surface area is 224 Å². The minimum atomic E-state index is -0.401. The average molecular weight is 523 g/mol. The summed E-state index contributed by atoms with van der Waals surface area (Å²) in [7, 11) is 0. The Bertz CT molecular complexity index is 1160.